The van der Waals surface area contributed by atoms with Gasteiger partial charge in [-0.2, -0.15) is 0 Å². The largest absolute Gasteiger partial charge is 0.463 e. The summed E-state index contributed by atoms with van der Waals surface area (Å²) in [5, 5.41) is 32.5. The molecule has 0 aromatic carbocycles. The second-order valence-corrected chi connectivity index (χ2v) is 20.8. The highest BCUT2D eigenvalue weighted by atomic mass is 16.7. The van der Waals surface area contributed by atoms with E-state index in [2.05, 4.69) is 91.0 Å². The molecule has 5 aliphatic rings. The Morgan fingerprint density at radius 2 is 1.55 bits per heavy atom. The number of hydrogen-bond donors (Lipinski definition) is 3. The molecule has 7 heteroatoms. The Morgan fingerprint density at radius 3 is 2.28 bits per heavy atom. The summed E-state index contributed by atoms with van der Waals surface area (Å²) >= 11 is 0. The molecule has 0 spiro atoms. The molecular formula is C53H88O7. The molecule has 1 saturated heterocycles. The van der Waals surface area contributed by atoms with Gasteiger partial charge < -0.3 is 29.5 Å². The van der Waals surface area contributed by atoms with E-state index in [-0.39, 0.29) is 24.1 Å². The smallest absolute Gasteiger partial charge is 0.305 e. The summed E-state index contributed by atoms with van der Waals surface area (Å²) in [6.07, 6.45) is 32.3. The van der Waals surface area contributed by atoms with E-state index in [1.54, 1.807) is 0 Å². The Labute approximate surface area is 366 Å². The highest BCUT2D eigenvalue weighted by molar-refractivity contribution is 5.69. The summed E-state index contributed by atoms with van der Waals surface area (Å²) in [5.74, 6) is 5.19. The van der Waals surface area contributed by atoms with Crippen LogP contribution < -0.4 is 0 Å². The average molecular weight is 837 g/mol. The number of carbonyl (C=O) groups excluding carboxylic acids is 1. The first kappa shape index (κ1) is 49.2. The van der Waals surface area contributed by atoms with Crippen LogP contribution >= 0.6 is 0 Å². The molecule has 1 heterocycles. The molecule has 7 nitrogen and oxygen atoms in total. The molecule has 1 aliphatic heterocycles. The van der Waals surface area contributed by atoms with Gasteiger partial charge in [-0.3, -0.25) is 4.79 Å². The van der Waals surface area contributed by atoms with Crippen LogP contribution in [0.15, 0.2) is 48.1 Å². The van der Waals surface area contributed by atoms with Gasteiger partial charge in [-0.25, -0.2) is 0 Å². The van der Waals surface area contributed by atoms with Gasteiger partial charge in [0.15, 0.2) is 6.29 Å². The van der Waals surface area contributed by atoms with Crippen LogP contribution in [0.25, 0.3) is 0 Å². The van der Waals surface area contributed by atoms with Crippen LogP contribution in [0.4, 0.5) is 0 Å². The van der Waals surface area contributed by atoms with Gasteiger partial charge in [0.2, 0.25) is 0 Å². The van der Waals surface area contributed by atoms with Crippen molar-refractivity contribution in [3.05, 3.63) is 48.1 Å². The zero-order valence-electron chi connectivity index (χ0n) is 39.1. The Balaban J connectivity index is 1.03. The van der Waals surface area contributed by atoms with Gasteiger partial charge in [-0.05, 0) is 149 Å². The third-order valence-electron chi connectivity index (χ3n) is 16.7. The Kier molecular flexibility index (Phi) is 19.5. The second kappa shape index (κ2) is 23.8. The molecular weight excluding hydrogens is 749 g/mol. The minimum Gasteiger partial charge on any atom is -0.463 e. The number of unbranched alkanes of at least 4 members (excludes halogenated alkanes) is 5. The van der Waals surface area contributed by atoms with Gasteiger partial charge in [-0.1, -0.05) is 129 Å². The number of aliphatic hydroxyl groups excluding tert-OH is 3. The molecule has 4 aliphatic carbocycles. The van der Waals surface area contributed by atoms with E-state index in [1.165, 1.54) is 50.5 Å². The third-order valence-corrected chi connectivity index (χ3v) is 16.7. The van der Waals surface area contributed by atoms with E-state index in [4.69, 9.17) is 14.2 Å². The van der Waals surface area contributed by atoms with Gasteiger partial charge in [-0.15, -0.1) is 0 Å². The molecule has 4 fully saturated rings. The number of ether oxygens (including phenoxy) is 3. The standard InChI is InChI=1S/C53H88O7/c1-8-10-11-12-13-14-15-16-17-18-19-20-21-22-23-24-47(54)58-36-46-48(55)49(56)50(57)51(60-46)59-41-31-33-52(6)40(35-41)27-28-42-44-30-29-43(53(44,7)34-32-45(42)52)38(5)25-26-39(9-2)37(3)4/h10-11,13-14,16-17,27,37-39,41-46,48-51,55-57H,8-9,12,15,18-26,28-36H2,1-7H3. The highest BCUT2D eigenvalue weighted by Gasteiger charge is 2.59. The van der Waals surface area contributed by atoms with Crippen LogP contribution in [0.2, 0.25) is 0 Å². The van der Waals surface area contributed by atoms with Gasteiger partial charge in [0.1, 0.15) is 31.0 Å². The Hall–Kier alpha value is -1.77. The van der Waals surface area contributed by atoms with Crippen LogP contribution in [0.1, 0.15) is 183 Å². The van der Waals surface area contributed by atoms with Crippen molar-refractivity contribution in [3.8, 4) is 0 Å². The van der Waals surface area contributed by atoms with Crippen molar-refractivity contribution in [1.29, 1.82) is 0 Å². The van der Waals surface area contributed by atoms with E-state index in [0.29, 0.717) is 17.8 Å². The fourth-order valence-corrected chi connectivity index (χ4v) is 12.9. The SMILES string of the molecule is CCC=CCC=CCC=CCCCCCCCC(=O)OCC1OC(OC2CCC3(C)C(=CCC4C3CCC3(C)C(C(C)CCC(CC)C(C)C)CCC43)C2)C(O)C(O)C1O. The minimum atomic E-state index is -1.45. The molecule has 342 valence electrons. The minimum absolute atomic E-state index is 0.148. The lowest BCUT2D eigenvalue weighted by atomic mass is 9.47. The number of fused-ring (bicyclic) bond motifs is 5. The average Bonchev–Trinajstić information content (AvgIpc) is 3.59. The number of carbonyl (C=O) groups is 1. The van der Waals surface area contributed by atoms with Crippen molar-refractivity contribution < 1.29 is 34.3 Å². The summed E-state index contributed by atoms with van der Waals surface area (Å²) in [7, 11) is 0. The summed E-state index contributed by atoms with van der Waals surface area (Å²) in [6, 6.07) is 0. The van der Waals surface area contributed by atoms with Gasteiger partial charge in [0.05, 0.1) is 6.10 Å². The van der Waals surface area contributed by atoms with E-state index < -0.39 is 30.7 Å². The van der Waals surface area contributed by atoms with Crippen molar-refractivity contribution in [1.82, 2.24) is 0 Å². The van der Waals surface area contributed by atoms with Crippen molar-refractivity contribution >= 4 is 5.97 Å². The van der Waals surface area contributed by atoms with Crippen molar-refractivity contribution in [2.45, 2.75) is 220 Å². The first-order valence-electron chi connectivity index (χ1n) is 25.0. The topological polar surface area (TPSA) is 105 Å². The van der Waals surface area contributed by atoms with Gasteiger partial charge in [0.25, 0.3) is 0 Å². The molecule has 0 bridgehead atoms. The van der Waals surface area contributed by atoms with E-state index in [0.717, 1.165) is 119 Å². The number of hydrogen-bond acceptors (Lipinski definition) is 7. The van der Waals surface area contributed by atoms with E-state index in [9.17, 15) is 20.1 Å². The summed E-state index contributed by atoms with van der Waals surface area (Å²) < 4.78 is 18.0. The van der Waals surface area contributed by atoms with Crippen molar-refractivity contribution in [2.24, 2.45) is 52.3 Å². The van der Waals surface area contributed by atoms with Gasteiger partial charge >= 0.3 is 5.97 Å². The molecule has 60 heavy (non-hydrogen) atoms. The maximum atomic E-state index is 12.6. The zero-order valence-corrected chi connectivity index (χ0v) is 39.1. The summed E-state index contributed by atoms with van der Waals surface area (Å²) in [4.78, 5) is 12.6. The maximum Gasteiger partial charge on any atom is 0.305 e. The number of esters is 1. The monoisotopic (exact) mass is 837 g/mol. The maximum absolute atomic E-state index is 12.6. The molecule has 5 rings (SSSR count). The second-order valence-electron chi connectivity index (χ2n) is 20.8. The lowest BCUT2D eigenvalue weighted by Gasteiger charge is -2.58. The van der Waals surface area contributed by atoms with Crippen LogP contribution in [0.3, 0.4) is 0 Å². The van der Waals surface area contributed by atoms with Crippen LogP contribution in [0.5, 0.6) is 0 Å². The predicted octanol–water partition coefficient (Wildman–Crippen LogP) is 12.0. The van der Waals surface area contributed by atoms with Crippen LogP contribution in [-0.4, -0.2) is 64.7 Å². The number of allylic oxidation sites excluding steroid dienone is 7. The van der Waals surface area contributed by atoms with Crippen molar-refractivity contribution in [2.75, 3.05) is 6.61 Å². The molecule has 3 N–H and O–H groups in total. The van der Waals surface area contributed by atoms with Gasteiger partial charge in [0, 0.05) is 6.42 Å². The Bertz CT molecular complexity index is 1420. The van der Waals surface area contributed by atoms with Crippen LogP contribution in [0, 0.1) is 52.3 Å². The Morgan fingerprint density at radius 1 is 0.833 bits per heavy atom. The highest BCUT2D eigenvalue weighted by Crippen LogP contribution is 2.67. The fourth-order valence-electron chi connectivity index (χ4n) is 12.9. The summed E-state index contributed by atoms with van der Waals surface area (Å²) in [5.41, 5.74) is 2.11. The van der Waals surface area contributed by atoms with Crippen molar-refractivity contribution in [3.63, 3.8) is 0 Å². The first-order valence-corrected chi connectivity index (χ1v) is 25.0. The lowest BCUT2D eigenvalue weighted by Crippen LogP contribution is -2.60. The summed E-state index contributed by atoms with van der Waals surface area (Å²) in [6.45, 7) is 16.9. The molecule has 0 amide bonds. The molecule has 3 saturated carbocycles. The predicted molar refractivity (Wildman–Crippen MR) is 244 cm³/mol. The number of aliphatic hydroxyl groups is 3. The third kappa shape index (κ3) is 12.5. The van der Waals surface area contributed by atoms with E-state index >= 15 is 0 Å². The normalized spacial score (nSPS) is 36.7. The lowest BCUT2D eigenvalue weighted by molar-refractivity contribution is -0.313. The molecule has 0 aromatic rings. The quantitative estimate of drug-likeness (QED) is 0.0535. The fraction of sp³-hybridized carbons (Fsp3) is 0.830. The number of rotatable bonds is 23. The first-order chi connectivity index (χ1) is 28.8. The molecule has 14 unspecified atom stereocenters. The molecule has 0 aromatic heterocycles. The molecule has 0 radical (unpaired) electrons. The van der Waals surface area contributed by atoms with Crippen LogP contribution in [-0.2, 0) is 19.0 Å². The molecule has 14 atom stereocenters. The van der Waals surface area contributed by atoms with E-state index in [1.807, 2.05) is 0 Å². The zero-order chi connectivity index (χ0) is 43.3.